The number of nitro benzene ring substituents is 1. The molecule has 0 amide bonds. The number of nitrogens with two attached hydrogens (primary N) is 1. The standard InChI is InChI=1S/C18H18N6O4.ClH/c1-11-10-14(25)15(16-20-17(22-28-16)18(19)8-4-5-9-18)21-23(11)12-6-2-3-7-13(12)24(26)27;/h2-3,6-7,10H,4-5,8-9,19H2,1H3;1H. The molecule has 3 aromatic rings. The lowest BCUT2D eigenvalue weighted by Crippen LogP contribution is -2.34. The quantitative estimate of drug-likeness (QED) is 0.503. The van der Waals surface area contributed by atoms with E-state index in [2.05, 4.69) is 15.2 Å². The molecule has 1 aromatic carbocycles. The Labute approximate surface area is 171 Å². The molecule has 152 valence electrons. The lowest BCUT2D eigenvalue weighted by molar-refractivity contribution is -0.384. The number of rotatable bonds is 4. The lowest BCUT2D eigenvalue weighted by Gasteiger charge is -2.17. The summed E-state index contributed by atoms with van der Waals surface area (Å²) in [6.07, 6.45) is 3.45. The van der Waals surface area contributed by atoms with E-state index in [9.17, 15) is 14.9 Å². The number of aromatic nitrogens is 4. The van der Waals surface area contributed by atoms with Gasteiger partial charge in [0, 0.05) is 17.8 Å². The van der Waals surface area contributed by atoms with Gasteiger partial charge in [-0.2, -0.15) is 10.1 Å². The van der Waals surface area contributed by atoms with E-state index < -0.39 is 15.9 Å². The van der Waals surface area contributed by atoms with Gasteiger partial charge in [-0.15, -0.1) is 12.4 Å². The molecule has 0 aliphatic heterocycles. The highest BCUT2D eigenvalue weighted by molar-refractivity contribution is 5.85. The SMILES string of the molecule is Cc1cc(=O)c(-c2nc(C3(N)CCCC3)no2)nn1-c1ccccc1[N+](=O)[O-].Cl. The summed E-state index contributed by atoms with van der Waals surface area (Å²) < 4.78 is 6.59. The highest BCUT2D eigenvalue weighted by Gasteiger charge is 2.36. The van der Waals surface area contributed by atoms with Crippen LogP contribution in [0, 0.1) is 17.0 Å². The van der Waals surface area contributed by atoms with Crippen LogP contribution in [-0.4, -0.2) is 24.8 Å². The number of halogens is 1. The van der Waals surface area contributed by atoms with Crippen molar-refractivity contribution in [2.24, 2.45) is 5.73 Å². The number of para-hydroxylation sites is 2. The van der Waals surface area contributed by atoms with Crippen molar-refractivity contribution in [2.45, 2.75) is 38.1 Å². The highest BCUT2D eigenvalue weighted by atomic mass is 35.5. The summed E-state index contributed by atoms with van der Waals surface area (Å²) in [5.74, 6) is 0.295. The molecule has 1 aliphatic rings. The van der Waals surface area contributed by atoms with Crippen LogP contribution in [0.25, 0.3) is 17.3 Å². The molecular formula is C18H19ClN6O4. The summed E-state index contributed by atoms with van der Waals surface area (Å²) in [7, 11) is 0. The Morgan fingerprint density at radius 3 is 2.66 bits per heavy atom. The minimum atomic E-state index is -0.663. The molecule has 2 heterocycles. The van der Waals surface area contributed by atoms with Gasteiger partial charge in [-0.3, -0.25) is 14.9 Å². The number of hydrogen-bond acceptors (Lipinski definition) is 8. The zero-order valence-corrected chi connectivity index (χ0v) is 16.4. The number of nitrogens with zero attached hydrogens (tertiary/aromatic N) is 5. The van der Waals surface area contributed by atoms with Crippen molar-refractivity contribution >= 4 is 18.1 Å². The molecular weight excluding hydrogens is 400 g/mol. The van der Waals surface area contributed by atoms with Gasteiger partial charge in [0.2, 0.25) is 5.43 Å². The molecule has 0 bridgehead atoms. The van der Waals surface area contributed by atoms with Gasteiger partial charge >= 0.3 is 0 Å². The summed E-state index contributed by atoms with van der Waals surface area (Å²) in [6.45, 7) is 1.64. The average Bonchev–Trinajstić information content (AvgIpc) is 3.32. The second-order valence-electron chi connectivity index (χ2n) is 6.94. The van der Waals surface area contributed by atoms with Crippen molar-refractivity contribution in [3.8, 4) is 17.3 Å². The molecule has 0 saturated heterocycles. The number of aryl methyl sites for hydroxylation is 1. The molecule has 11 heteroatoms. The molecule has 10 nitrogen and oxygen atoms in total. The molecule has 2 N–H and O–H groups in total. The molecule has 0 radical (unpaired) electrons. The summed E-state index contributed by atoms with van der Waals surface area (Å²) in [5, 5.41) is 19.6. The van der Waals surface area contributed by atoms with Gasteiger partial charge in [-0.1, -0.05) is 30.1 Å². The summed E-state index contributed by atoms with van der Waals surface area (Å²) in [4.78, 5) is 27.6. The van der Waals surface area contributed by atoms with E-state index in [-0.39, 0.29) is 35.4 Å². The van der Waals surface area contributed by atoms with Gasteiger partial charge in [0.15, 0.2) is 11.5 Å². The number of benzene rings is 1. The van der Waals surface area contributed by atoms with Crippen molar-refractivity contribution in [2.75, 3.05) is 0 Å². The number of nitro groups is 1. The van der Waals surface area contributed by atoms with Crippen molar-refractivity contribution < 1.29 is 9.45 Å². The van der Waals surface area contributed by atoms with E-state index in [1.54, 1.807) is 25.1 Å². The first-order chi connectivity index (χ1) is 13.4. The van der Waals surface area contributed by atoms with Crippen molar-refractivity contribution in [1.82, 2.24) is 19.9 Å². The second kappa shape index (κ2) is 7.72. The number of hydrogen-bond donors (Lipinski definition) is 1. The second-order valence-corrected chi connectivity index (χ2v) is 6.94. The molecule has 1 fully saturated rings. The maximum absolute atomic E-state index is 12.5. The first kappa shape index (κ1) is 20.6. The van der Waals surface area contributed by atoms with Crippen LogP contribution < -0.4 is 11.2 Å². The minimum Gasteiger partial charge on any atom is -0.332 e. The topological polar surface area (TPSA) is 143 Å². The molecule has 0 spiro atoms. The van der Waals surface area contributed by atoms with Gasteiger partial charge < -0.3 is 10.3 Å². The van der Waals surface area contributed by atoms with Crippen LogP contribution >= 0.6 is 12.4 Å². The zero-order valence-electron chi connectivity index (χ0n) is 15.6. The van der Waals surface area contributed by atoms with E-state index in [4.69, 9.17) is 10.3 Å². The van der Waals surface area contributed by atoms with E-state index >= 15 is 0 Å². The summed E-state index contributed by atoms with van der Waals surface area (Å²) in [5.41, 5.74) is 5.72. The van der Waals surface area contributed by atoms with Crippen molar-refractivity contribution in [1.29, 1.82) is 0 Å². The Hall–Kier alpha value is -3.11. The first-order valence-corrected chi connectivity index (χ1v) is 8.87. The fourth-order valence-corrected chi connectivity index (χ4v) is 3.49. The lowest BCUT2D eigenvalue weighted by atomic mass is 9.99. The van der Waals surface area contributed by atoms with E-state index in [1.807, 2.05) is 0 Å². The monoisotopic (exact) mass is 418 g/mol. The minimum absolute atomic E-state index is 0. The Morgan fingerprint density at radius 1 is 1.28 bits per heavy atom. The molecule has 0 atom stereocenters. The van der Waals surface area contributed by atoms with Crippen molar-refractivity contribution in [3.05, 3.63) is 62.2 Å². The van der Waals surface area contributed by atoms with E-state index in [1.165, 1.54) is 16.8 Å². The first-order valence-electron chi connectivity index (χ1n) is 8.87. The summed E-state index contributed by atoms with van der Waals surface area (Å²) >= 11 is 0. The van der Waals surface area contributed by atoms with Gasteiger partial charge in [-0.25, -0.2) is 4.68 Å². The van der Waals surface area contributed by atoms with Gasteiger partial charge in [0.1, 0.15) is 5.69 Å². The fraction of sp³-hybridized carbons (Fsp3) is 0.333. The third kappa shape index (κ3) is 3.64. The highest BCUT2D eigenvalue weighted by Crippen LogP contribution is 2.35. The van der Waals surface area contributed by atoms with Crippen LogP contribution in [0.15, 0.2) is 39.6 Å². The summed E-state index contributed by atoms with van der Waals surface area (Å²) in [6, 6.07) is 7.48. The van der Waals surface area contributed by atoms with Crippen LogP contribution in [0.5, 0.6) is 0 Å². The largest absolute Gasteiger partial charge is 0.332 e. The molecule has 0 unspecified atom stereocenters. The maximum Gasteiger partial charge on any atom is 0.294 e. The molecule has 2 aromatic heterocycles. The smallest absolute Gasteiger partial charge is 0.294 e. The van der Waals surface area contributed by atoms with Crippen LogP contribution in [0.4, 0.5) is 5.69 Å². The van der Waals surface area contributed by atoms with Gasteiger partial charge in [0.05, 0.1) is 10.5 Å². The average molecular weight is 419 g/mol. The van der Waals surface area contributed by atoms with E-state index in [0.29, 0.717) is 11.5 Å². The van der Waals surface area contributed by atoms with Crippen LogP contribution in [0.3, 0.4) is 0 Å². The third-order valence-electron chi connectivity index (χ3n) is 4.98. The predicted molar refractivity (Wildman–Crippen MR) is 106 cm³/mol. The maximum atomic E-state index is 12.5. The van der Waals surface area contributed by atoms with Crippen LogP contribution in [0.1, 0.15) is 37.2 Å². The van der Waals surface area contributed by atoms with Gasteiger partial charge in [0.25, 0.3) is 11.6 Å². The zero-order chi connectivity index (χ0) is 19.9. The van der Waals surface area contributed by atoms with Crippen molar-refractivity contribution in [3.63, 3.8) is 0 Å². The fourth-order valence-electron chi connectivity index (χ4n) is 3.49. The van der Waals surface area contributed by atoms with Crippen LogP contribution in [-0.2, 0) is 5.54 Å². The van der Waals surface area contributed by atoms with Gasteiger partial charge in [-0.05, 0) is 25.8 Å². The Balaban J connectivity index is 0.00000240. The van der Waals surface area contributed by atoms with Crippen LogP contribution in [0.2, 0.25) is 0 Å². The Morgan fingerprint density at radius 2 is 1.97 bits per heavy atom. The Bertz CT molecular complexity index is 1120. The molecule has 1 saturated carbocycles. The third-order valence-corrected chi connectivity index (χ3v) is 4.98. The normalized spacial score (nSPS) is 15.1. The van der Waals surface area contributed by atoms with E-state index in [0.717, 1.165) is 25.7 Å². The molecule has 4 rings (SSSR count). The predicted octanol–water partition coefficient (Wildman–Crippen LogP) is 2.65. The molecule has 1 aliphatic carbocycles. The Kier molecular flexibility index (Phi) is 5.49. The molecule has 29 heavy (non-hydrogen) atoms.